The summed E-state index contributed by atoms with van der Waals surface area (Å²) in [7, 11) is 0. The Morgan fingerprint density at radius 1 is 1.20 bits per heavy atom. The molecular formula is C14H18N2O4. The highest BCUT2D eigenvalue weighted by molar-refractivity contribution is 5.99. The first kappa shape index (κ1) is 14.2. The van der Waals surface area contributed by atoms with E-state index in [0.29, 0.717) is 25.4 Å². The molecule has 0 saturated heterocycles. The highest BCUT2D eigenvalue weighted by Crippen LogP contribution is 2.25. The Labute approximate surface area is 116 Å². The van der Waals surface area contributed by atoms with Crippen molar-refractivity contribution in [2.45, 2.75) is 31.7 Å². The van der Waals surface area contributed by atoms with E-state index in [1.165, 1.54) is 18.2 Å². The van der Waals surface area contributed by atoms with Crippen LogP contribution in [0.1, 0.15) is 36.0 Å². The lowest BCUT2D eigenvalue weighted by Crippen LogP contribution is -2.28. The van der Waals surface area contributed by atoms with Gasteiger partial charge < -0.3 is 20.8 Å². The summed E-state index contributed by atoms with van der Waals surface area (Å²) in [5.74, 6) is -1.10. The van der Waals surface area contributed by atoms with Crippen LogP contribution in [0.2, 0.25) is 0 Å². The molecule has 2 rings (SSSR count). The van der Waals surface area contributed by atoms with Gasteiger partial charge in [0.05, 0.1) is 0 Å². The maximum atomic E-state index is 11.8. The Bertz CT molecular complexity index is 492. The van der Waals surface area contributed by atoms with Crippen molar-refractivity contribution in [1.29, 1.82) is 0 Å². The lowest BCUT2D eigenvalue weighted by molar-refractivity contribution is -0.121. The van der Waals surface area contributed by atoms with E-state index in [-0.39, 0.29) is 23.0 Å². The predicted octanol–water partition coefficient (Wildman–Crippen LogP) is 0.886. The number of nitrogens with one attached hydrogen (secondary N) is 2. The van der Waals surface area contributed by atoms with Crippen LogP contribution >= 0.6 is 0 Å². The summed E-state index contributed by atoms with van der Waals surface area (Å²) < 4.78 is 0. The molecule has 0 aliphatic heterocycles. The van der Waals surface area contributed by atoms with E-state index >= 15 is 0 Å². The number of benzene rings is 1. The number of hydrogen-bond acceptors (Lipinski definition) is 4. The molecule has 0 heterocycles. The first-order valence-electron chi connectivity index (χ1n) is 6.66. The van der Waals surface area contributed by atoms with Gasteiger partial charge in [-0.2, -0.15) is 0 Å². The average Bonchev–Trinajstić information content (AvgIpc) is 3.18. The highest BCUT2D eigenvalue weighted by atomic mass is 16.3. The van der Waals surface area contributed by atoms with Crippen molar-refractivity contribution in [3.05, 3.63) is 23.8 Å². The van der Waals surface area contributed by atoms with Crippen molar-refractivity contribution in [2.24, 2.45) is 0 Å². The molecule has 0 aromatic heterocycles. The van der Waals surface area contributed by atoms with E-state index in [0.717, 1.165) is 12.8 Å². The smallest absolute Gasteiger partial charge is 0.258 e. The number of phenolic OH excluding ortho intramolecular Hbond substituents is 2. The fourth-order valence-corrected chi connectivity index (χ4v) is 1.83. The number of rotatable bonds is 6. The first-order valence-corrected chi connectivity index (χ1v) is 6.66. The maximum Gasteiger partial charge on any atom is 0.258 e. The second-order valence-corrected chi connectivity index (χ2v) is 4.87. The monoisotopic (exact) mass is 278 g/mol. The second-order valence-electron chi connectivity index (χ2n) is 4.87. The summed E-state index contributed by atoms with van der Waals surface area (Å²) in [4.78, 5) is 23.2. The van der Waals surface area contributed by atoms with Gasteiger partial charge in [-0.25, -0.2) is 0 Å². The van der Waals surface area contributed by atoms with Gasteiger partial charge in [0.25, 0.3) is 5.91 Å². The normalized spacial score (nSPS) is 13.8. The molecule has 1 fully saturated rings. The van der Waals surface area contributed by atoms with Crippen LogP contribution in [0.15, 0.2) is 18.2 Å². The van der Waals surface area contributed by atoms with Crippen LogP contribution in [0, 0.1) is 0 Å². The predicted molar refractivity (Wildman–Crippen MR) is 72.5 cm³/mol. The summed E-state index contributed by atoms with van der Waals surface area (Å²) in [5, 5.41) is 24.5. The second kappa shape index (κ2) is 6.27. The number of aromatic hydroxyl groups is 2. The zero-order valence-corrected chi connectivity index (χ0v) is 11.1. The third kappa shape index (κ3) is 3.88. The van der Waals surface area contributed by atoms with E-state index in [1.807, 2.05) is 0 Å². The molecule has 0 atom stereocenters. The van der Waals surface area contributed by atoms with Crippen LogP contribution in [-0.2, 0) is 4.79 Å². The Balaban J connectivity index is 1.73. The molecule has 108 valence electrons. The van der Waals surface area contributed by atoms with Gasteiger partial charge in [-0.3, -0.25) is 9.59 Å². The Morgan fingerprint density at radius 3 is 2.45 bits per heavy atom. The van der Waals surface area contributed by atoms with Crippen LogP contribution in [0.25, 0.3) is 0 Å². The minimum absolute atomic E-state index is 0.00726. The van der Waals surface area contributed by atoms with Crippen LogP contribution < -0.4 is 10.6 Å². The number of amides is 2. The van der Waals surface area contributed by atoms with Crippen LogP contribution in [0.3, 0.4) is 0 Å². The Morgan fingerprint density at radius 2 is 1.85 bits per heavy atom. The molecule has 0 bridgehead atoms. The van der Waals surface area contributed by atoms with Crippen LogP contribution in [-0.4, -0.2) is 34.6 Å². The SMILES string of the molecule is O=C(CCCNC(=O)c1c(O)cccc1O)NC1CC1. The molecule has 1 aliphatic rings. The largest absolute Gasteiger partial charge is 0.507 e. The molecule has 1 saturated carbocycles. The molecule has 2 amide bonds. The standard InChI is InChI=1S/C14H18N2O4/c17-10-3-1-4-11(18)13(10)14(20)15-8-2-5-12(19)16-9-6-7-9/h1,3-4,9,17-18H,2,5-8H2,(H,15,20)(H,16,19). The summed E-state index contributed by atoms with van der Waals surface area (Å²) in [6.07, 6.45) is 2.96. The van der Waals surface area contributed by atoms with E-state index in [2.05, 4.69) is 10.6 Å². The van der Waals surface area contributed by atoms with Gasteiger partial charge >= 0.3 is 0 Å². The topological polar surface area (TPSA) is 98.7 Å². The van der Waals surface area contributed by atoms with Crippen molar-refractivity contribution in [1.82, 2.24) is 10.6 Å². The molecule has 6 nitrogen and oxygen atoms in total. The minimum Gasteiger partial charge on any atom is -0.507 e. The number of phenols is 2. The third-order valence-electron chi connectivity index (χ3n) is 3.06. The number of carbonyl (C=O) groups excluding carboxylic acids is 2. The van der Waals surface area contributed by atoms with Crippen molar-refractivity contribution >= 4 is 11.8 Å². The Kier molecular flexibility index (Phi) is 4.45. The highest BCUT2D eigenvalue weighted by Gasteiger charge is 2.22. The van der Waals surface area contributed by atoms with Crippen LogP contribution in [0.4, 0.5) is 0 Å². The van der Waals surface area contributed by atoms with Crippen molar-refractivity contribution in [2.75, 3.05) is 6.54 Å². The fraction of sp³-hybridized carbons (Fsp3) is 0.429. The van der Waals surface area contributed by atoms with Crippen LogP contribution in [0.5, 0.6) is 11.5 Å². The molecule has 0 radical (unpaired) electrons. The quantitative estimate of drug-likeness (QED) is 0.581. The van der Waals surface area contributed by atoms with E-state index in [9.17, 15) is 19.8 Å². The first-order chi connectivity index (χ1) is 9.58. The zero-order chi connectivity index (χ0) is 14.5. The van der Waals surface area contributed by atoms with Gasteiger partial charge in [0.15, 0.2) is 0 Å². The van der Waals surface area contributed by atoms with Crippen molar-refractivity contribution in [3.8, 4) is 11.5 Å². The molecular weight excluding hydrogens is 260 g/mol. The average molecular weight is 278 g/mol. The molecule has 1 aromatic carbocycles. The Hall–Kier alpha value is -2.24. The lowest BCUT2D eigenvalue weighted by Gasteiger charge is -2.08. The molecule has 20 heavy (non-hydrogen) atoms. The third-order valence-corrected chi connectivity index (χ3v) is 3.06. The maximum absolute atomic E-state index is 11.8. The lowest BCUT2D eigenvalue weighted by atomic mass is 10.1. The minimum atomic E-state index is -0.553. The molecule has 0 unspecified atom stereocenters. The molecule has 0 spiro atoms. The van der Waals surface area contributed by atoms with Gasteiger partial charge in [0.1, 0.15) is 17.1 Å². The number of carbonyl (C=O) groups is 2. The van der Waals surface area contributed by atoms with Gasteiger partial charge in [-0.05, 0) is 31.4 Å². The zero-order valence-electron chi connectivity index (χ0n) is 11.1. The number of hydrogen-bond donors (Lipinski definition) is 4. The summed E-state index contributed by atoms with van der Waals surface area (Å²) in [6, 6.07) is 4.45. The summed E-state index contributed by atoms with van der Waals surface area (Å²) in [6.45, 7) is 0.310. The summed E-state index contributed by atoms with van der Waals surface area (Å²) >= 11 is 0. The van der Waals surface area contributed by atoms with Gasteiger partial charge in [-0.1, -0.05) is 6.07 Å². The van der Waals surface area contributed by atoms with Gasteiger partial charge in [-0.15, -0.1) is 0 Å². The molecule has 6 heteroatoms. The van der Waals surface area contributed by atoms with Gasteiger partial charge in [0, 0.05) is 19.0 Å². The van der Waals surface area contributed by atoms with Crippen molar-refractivity contribution < 1.29 is 19.8 Å². The fourth-order valence-electron chi connectivity index (χ4n) is 1.83. The van der Waals surface area contributed by atoms with Crippen molar-refractivity contribution in [3.63, 3.8) is 0 Å². The van der Waals surface area contributed by atoms with E-state index < -0.39 is 5.91 Å². The molecule has 1 aliphatic carbocycles. The summed E-state index contributed by atoms with van der Waals surface area (Å²) in [5.41, 5.74) is -0.144. The molecule has 4 N–H and O–H groups in total. The van der Waals surface area contributed by atoms with E-state index in [1.54, 1.807) is 0 Å². The van der Waals surface area contributed by atoms with E-state index in [4.69, 9.17) is 0 Å². The van der Waals surface area contributed by atoms with Gasteiger partial charge in [0.2, 0.25) is 5.91 Å². The molecule has 1 aromatic rings.